The molecule has 0 saturated carbocycles. The highest BCUT2D eigenvalue weighted by molar-refractivity contribution is 6.05. The summed E-state index contributed by atoms with van der Waals surface area (Å²) >= 11 is 0. The van der Waals surface area contributed by atoms with Crippen molar-refractivity contribution in [1.29, 1.82) is 0 Å². The standard InChI is InChI=1S/C22H25F2NO4/c1-6-29-20-15(11(2)3)7-13(8-16(20)12(4)5)21(26)25-14-9-17(23)19(22(27)28)18(24)10-14/h7-12H,6H2,1-5H3,(H,25,26)(H,27,28). The molecule has 0 bridgehead atoms. The number of aromatic carboxylic acids is 1. The Bertz CT molecular complexity index is 886. The van der Waals surface area contributed by atoms with E-state index in [2.05, 4.69) is 5.32 Å². The fraction of sp³-hybridized carbons (Fsp3) is 0.364. The summed E-state index contributed by atoms with van der Waals surface area (Å²) in [4.78, 5) is 23.7. The number of carbonyl (C=O) groups is 2. The molecule has 2 rings (SSSR count). The van der Waals surface area contributed by atoms with E-state index in [1.54, 1.807) is 12.1 Å². The van der Waals surface area contributed by atoms with Crippen molar-refractivity contribution in [3.05, 3.63) is 58.2 Å². The Balaban J connectivity index is 2.47. The monoisotopic (exact) mass is 405 g/mol. The molecule has 2 aromatic rings. The zero-order valence-corrected chi connectivity index (χ0v) is 17.1. The van der Waals surface area contributed by atoms with Gasteiger partial charge in [0.1, 0.15) is 22.9 Å². The highest BCUT2D eigenvalue weighted by atomic mass is 19.1. The predicted octanol–water partition coefficient (Wildman–Crippen LogP) is 5.56. The maximum atomic E-state index is 13.9. The van der Waals surface area contributed by atoms with E-state index in [0.29, 0.717) is 12.2 Å². The smallest absolute Gasteiger partial charge is 0.341 e. The molecule has 0 aliphatic carbocycles. The molecule has 0 aliphatic rings. The molecular weight excluding hydrogens is 380 g/mol. The molecule has 7 heteroatoms. The number of ether oxygens (including phenoxy) is 1. The zero-order chi connectivity index (χ0) is 21.9. The van der Waals surface area contributed by atoms with Crippen molar-refractivity contribution in [3.63, 3.8) is 0 Å². The Morgan fingerprint density at radius 2 is 1.48 bits per heavy atom. The third-order valence-electron chi connectivity index (χ3n) is 4.46. The molecule has 0 heterocycles. The van der Waals surface area contributed by atoms with Crippen molar-refractivity contribution < 1.29 is 28.2 Å². The Morgan fingerprint density at radius 1 is 1.00 bits per heavy atom. The first-order valence-electron chi connectivity index (χ1n) is 9.41. The normalized spacial score (nSPS) is 11.1. The molecule has 0 fully saturated rings. The van der Waals surface area contributed by atoms with Gasteiger partial charge in [0.2, 0.25) is 0 Å². The average molecular weight is 405 g/mol. The van der Waals surface area contributed by atoms with Crippen LogP contribution in [0.15, 0.2) is 24.3 Å². The Labute approximate surface area is 168 Å². The van der Waals surface area contributed by atoms with Crippen LogP contribution in [0.1, 0.15) is 78.3 Å². The van der Waals surface area contributed by atoms with Crippen molar-refractivity contribution in [2.24, 2.45) is 0 Å². The van der Waals surface area contributed by atoms with Gasteiger partial charge in [-0.05, 0) is 54.2 Å². The number of carboxylic acids is 1. The highest BCUT2D eigenvalue weighted by Gasteiger charge is 2.22. The van der Waals surface area contributed by atoms with E-state index in [0.717, 1.165) is 29.0 Å². The van der Waals surface area contributed by atoms with Crippen LogP contribution in [-0.2, 0) is 0 Å². The lowest BCUT2D eigenvalue weighted by atomic mass is 9.91. The van der Waals surface area contributed by atoms with Gasteiger partial charge in [-0.1, -0.05) is 27.7 Å². The van der Waals surface area contributed by atoms with E-state index in [9.17, 15) is 18.4 Å². The molecule has 2 N–H and O–H groups in total. The van der Waals surface area contributed by atoms with Gasteiger partial charge in [0.05, 0.1) is 6.61 Å². The van der Waals surface area contributed by atoms with E-state index in [1.165, 1.54) is 0 Å². The van der Waals surface area contributed by atoms with Gasteiger partial charge in [-0.15, -0.1) is 0 Å². The number of anilines is 1. The van der Waals surface area contributed by atoms with Crippen LogP contribution < -0.4 is 10.1 Å². The van der Waals surface area contributed by atoms with E-state index in [-0.39, 0.29) is 17.5 Å². The fourth-order valence-corrected chi connectivity index (χ4v) is 3.03. The lowest BCUT2D eigenvalue weighted by molar-refractivity contribution is 0.0686. The first-order valence-corrected chi connectivity index (χ1v) is 9.41. The Kier molecular flexibility index (Phi) is 6.95. The van der Waals surface area contributed by atoms with Gasteiger partial charge in [0.15, 0.2) is 0 Å². The molecular formula is C22H25F2NO4. The number of carbonyl (C=O) groups excluding carboxylic acids is 1. The molecule has 29 heavy (non-hydrogen) atoms. The second-order valence-electron chi connectivity index (χ2n) is 7.30. The summed E-state index contributed by atoms with van der Waals surface area (Å²) in [6, 6.07) is 4.97. The minimum atomic E-state index is -1.72. The van der Waals surface area contributed by atoms with Gasteiger partial charge in [-0.2, -0.15) is 0 Å². The van der Waals surface area contributed by atoms with Crippen LogP contribution in [0, 0.1) is 11.6 Å². The van der Waals surface area contributed by atoms with E-state index in [4.69, 9.17) is 9.84 Å². The van der Waals surface area contributed by atoms with Crippen LogP contribution in [0.3, 0.4) is 0 Å². The van der Waals surface area contributed by atoms with Gasteiger partial charge >= 0.3 is 5.97 Å². The molecule has 156 valence electrons. The lowest BCUT2D eigenvalue weighted by Gasteiger charge is -2.21. The third-order valence-corrected chi connectivity index (χ3v) is 4.46. The molecule has 0 atom stereocenters. The highest BCUT2D eigenvalue weighted by Crippen LogP contribution is 2.36. The van der Waals surface area contributed by atoms with Crippen molar-refractivity contribution in [2.45, 2.75) is 46.5 Å². The number of hydrogen-bond acceptors (Lipinski definition) is 3. The summed E-state index contributed by atoms with van der Waals surface area (Å²) in [5.41, 5.74) is 0.821. The first-order chi connectivity index (χ1) is 13.6. The molecule has 0 saturated heterocycles. The summed E-state index contributed by atoms with van der Waals surface area (Å²) in [6.45, 7) is 10.3. The molecule has 1 amide bonds. The quantitative estimate of drug-likeness (QED) is 0.632. The molecule has 0 aliphatic heterocycles. The minimum absolute atomic E-state index is 0.0894. The third kappa shape index (κ3) is 4.91. The van der Waals surface area contributed by atoms with E-state index < -0.39 is 29.1 Å². The van der Waals surface area contributed by atoms with Gasteiger partial charge < -0.3 is 15.2 Å². The molecule has 0 unspecified atom stereocenters. The van der Waals surface area contributed by atoms with Crippen LogP contribution in [0.5, 0.6) is 5.75 Å². The number of nitrogens with one attached hydrogen (secondary N) is 1. The van der Waals surface area contributed by atoms with Gasteiger partial charge in [0.25, 0.3) is 5.91 Å². The fourth-order valence-electron chi connectivity index (χ4n) is 3.03. The lowest BCUT2D eigenvalue weighted by Crippen LogP contribution is -2.15. The zero-order valence-electron chi connectivity index (χ0n) is 17.1. The van der Waals surface area contributed by atoms with Crippen LogP contribution in [-0.4, -0.2) is 23.6 Å². The molecule has 0 spiro atoms. The second kappa shape index (κ2) is 9.03. The molecule has 2 aromatic carbocycles. The van der Waals surface area contributed by atoms with E-state index in [1.807, 2.05) is 34.6 Å². The Morgan fingerprint density at radius 3 is 1.86 bits per heavy atom. The van der Waals surface area contributed by atoms with Crippen molar-refractivity contribution >= 4 is 17.6 Å². The summed E-state index contributed by atoms with van der Waals surface area (Å²) in [5.74, 6) is -3.86. The minimum Gasteiger partial charge on any atom is -0.493 e. The molecule has 0 radical (unpaired) electrons. The number of benzene rings is 2. The van der Waals surface area contributed by atoms with Crippen LogP contribution in [0.2, 0.25) is 0 Å². The SMILES string of the molecule is CCOc1c(C(C)C)cc(C(=O)Nc2cc(F)c(C(=O)O)c(F)c2)cc1C(C)C. The summed E-state index contributed by atoms with van der Waals surface area (Å²) in [7, 11) is 0. The van der Waals surface area contributed by atoms with Crippen LogP contribution in [0.4, 0.5) is 14.5 Å². The van der Waals surface area contributed by atoms with Crippen molar-refractivity contribution in [2.75, 3.05) is 11.9 Å². The number of carboxylic acid groups (broad SMARTS) is 1. The summed E-state index contributed by atoms with van der Waals surface area (Å²) in [5, 5.41) is 11.3. The number of halogens is 2. The van der Waals surface area contributed by atoms with Gasteiger partial charge in [-0.3, -0.25) is 4.79 Å². The maximum absolute atomic E-state index is 13.9. The Hall–Kier alpha value is -2.96. The van der Waals surface area contributed by atoms with Crippen LogP contribution >= 0.6 is 0 Å². The number of amides is 1. The molecule has 0 aromatic heterocycles. The first kappa shape index (κ1) is 22.3. The topological polar surface area (TPSA) is 75.6 Å². The van der Waals surface area contributed by atoms with Gasteiger partial charge in [-0.25, -0.2) is 13.6 Å². The largest absolute Gasteiger partial charge is 0.493 e. The van der Waals surface area contributed by atoms with Crippen LogP contribution in [0.25, 0.3) is 0 Å². The van der Waals surface area contributed by atoms with Crippen molar-refractivity contribution in [1.82, 2.24) is 0 Å². The second-order valence-corrected chi connectivity index (χ2v) is 7.30. The predicted molar refractivity (Wildman–Crippen MR) is 107 cm³/mol. The van der Waals surface area contributed by atoms with Crippen molar-refractivity contribution in [3.8, 4) is 5.75 Å². The molecule has 5 nitrogen and oxygen atoms in total. The number of hydrogen-bond donors (Lipinski definition) is 2. The average Bonchev–Trinajstić information content (AvgIpc) is 2.60. The maximum Gasteiger partial charge on any atom is 0.341 e. The number of rotatable bonds is 7. The summed E-state index contributed by atoms with van der Waals surface area (Å²) in [6.07, 6.45) is 0. The summed E-state index contributed by atoms with van der Waals surface area (Å²) < 4.78 is 33.6. The van der Waals surface area contributed by atoms with E-state index >= 15 is 0 Å². The van der Waals surface area contributed by atoms with Gasteiger partial charge in [0, 0.05) is 11.3 Å².